The van der Waals surface area contributed by atoms with Crippen LogP contribution in [0.3, 0.4) is 0 Å². The van der Waals surface area contributed by atoms with Crippen LogP contribution in [-0.2, 0) is 4.79 Å². The van der Waals surface area contributed by atoms with Crippen molar-refractivity contribution < 1.29 is 13.9 Å². The van der Waals surface area contributed by atoms with Crippen molar-refractivity contribution in [2.75, 3.05) is 12.4 Å². The predicted molar refractivity (Wildman–Crippen MR) is 124 cm³/mol. The van der Waals surface area contributed by atoms with E-state index in [1.807, 2.05) is 45.0 Å². The van der Waals surface area contributed by atoms with Crippen molar-refractivity contribution in [1.29, 1.82) is 0 Å². The van der Waals surface area contributed by atoms with Crippen molar-refractivity contribution in [2.45, 2.75) is 40.5 Å². The van der Waals surface area contributed by atoms with Gasteiger partial charge < -0.3 is 19.8 Å². The second-order valence-electron chi connectivity index (χ2n) is 8.47. The molecule has 1 aromatic heterocycles. The molecule has 0 fully saturated rings. The molecule has 0 unspecified atom stereocenters. The topological polar surface area (TPSA) is 76.4 Å². The summed E-state index contributed by atoms with van der Waals surface area (Å²) in [6, 6.07) is 11.6. The molecular formula is C23H27N3O3S. The first-order valence-corrected chi connectivity index (χ1v) is 10.2. The van der Waals surface area contributed by atoms with Crippen molar-refractivity contribution in [1.82, 2.24) is 10.3 Å². The van der Waals surface area contributed by atoms with Gasteiger partial charge in [-0.1, -0.05) is 40.7 Å². The molecule has 1 heterocycles. The number of amides is 1. The first-order valence-electron chi connectivity index (χ1n) is 9.80. The highest BCUT2D eigenvalue weighted by molar-refractivity contribution is 7.80. The van der Waals surface area contributed by atoms with Crippen LogP contribution in [0.25, 0.3) is 22.6 Å². The molecule has 0 saturated carbocycles. The maximum atomic E-state index is 12.2. The quantitative estimate of drug-likeness (QED) is 0.539. The van der Waals surface area contributed by atoms with Crippen LogP contribution in [0.2, 0.25) is 0 Å². The molecule has 0 aliphatic heterocycles. The van der Waals surface area contributed by atoms with E-state index < -0.39 is 5.41 Å². The molecule has 3 aromatic rings. The van der Waals surface area contributed by atoms with Gasteiger partial charge in [0.05, 0.1) is 12.8 Å². The summed E-state index contributed by atoms with van der Waals surface area (Å²) in [6.45, 7) is 9.76. The number of hydrogen-bond donors (Lipinski definition) is 2. The zero-order chi connectivity index (χ0) is 22.1. The number of nitrogens with zero attached hydrogens (tertiary/aromatic N) is 1. The van der Waals surface area contributed by atoms with Gasteiger partial charge in [-0.2, -0.15) is 0 Å². The van der Waals surface area contributed by atoms with Crippen molar-refractivity contribution in [3.8, 4) is 17.2 Å². The SMILES string of the molecule is COc1ccc(-c2nc3cc(C(C)C)ccc3o2)cc1NC(=S)NC(=O)C(C)(C)C. The summed E-state index contributed by atoms with van der Waals surface area (Å²) in [5.41, 5.74) is 3.58. The van der Waals surface area contributed by atoms with Gasteiger partial charge in [0.1, 0.15) is 11.3 Å². The number of oxazole rings is 1. The highest BCUT2D eigenvalue weighted by atomic mass is 32.1. The maximum absolute atomic E-state index is 12.2. The lowest BCUT2D eigenvalue weighted by atomic mass is 9.96. The number of benzene rings is 2. The van der Waals surface area contributed by atoms with Crippen molar-refractivity contribution in [3.63, 3.8) is 0 Å². The predicted octanol–water partition coefficient (Wildman–Crippen LogP) is 5.49. The molecule has 30 heavy (non-hydrogen) atoms. The van der Waals surface area contributed by atoms with Gasteiger partial charge in [-0.25, -0.2) is 4.98 Å². The van der Waals surface area contributed by atoms with Crippen molar-refractivity contribution >= 4 is 40.0 Å². The van der Waals surface area contributed by atoms with E-state index in [0.29, 0.717) is 23.2 Å². The fraction of sp³-hybridized carbons (Fsp3) is 0.348. The van der Waals surface area contributed by atoms with Crippen LogP contribution in [0.4, 0.5) is 5.69 Å². The number of carbonyl (C=O) groups is 1. The summed E-state index contributed by atoms with van der Waals surface area (Å²) < 4.78 is 11.4. The molecule has 7 heteroatoms. The van der Waals surface area contributed by atoms with Gasteiger partial charge in [0.2, 0.25) is 11.8 Å². The Hall–Kier alpha value is -2.93. The zero-order valence-corrected chi connectivity index (χ0v) is 18.9. The van der Waals surface area contributed by atoms with E-state index >= 15 is 0 Å². The smallest absolute Gasteiger partial charge is 0.231 e. The fourth-order valence-corrected chi connectivity index (χ4v) is 3.01. The number of aromatic nitrogens is 1. The molecule has 0 spiro atoms. The number of thiocarbonyl (C=S) groups is 1. The van der Waals surface area contributed by atoms with E-state index in [1.54, 1.807) is 13.2 Å². The summed E-state index contributed by atoms with van der Waals surface area (Å²) >= 11 is 5.30. The van der Waals surface area contributed by atoms with Gasteiger partial charge in [-0.15, -0.1) is 0 Å². The highest BCUT2D eigenvalue weighted by Crippen LogP contribution is 2.32. The Balaban J connectivity index is 1.89. The zero-order valence-electron chi connectivity index (χ0n) is 18.1. The first-order chi connectivity index (χ1) is 14.1. The van der Waals surface area contributed by atoms with Crippen LogP contribution in [0.5, 0.6) is 5.75 Å². The molecule has 2 N–H and O–H groups in total. The summed E-state index contributed by atoms with van der Waals surface area (Å²) in [5.74, 6) is 1.33. The molecule has 0 aliphatic rings. The third-order valence-electron chi connectivity index (χ3n) is 4.68. The molecular weight excluding hydrogens is 398 g/mol. The van der Waals surface area contributed by atoms with Gasteiger partial charge in [0.15, 0.2) is 10.7 Å². The van der Waals surface area contributed by atoms with Crippen LogP contribution >= 0.6 is 12.2 Å². The number of hydrogen-bond acceptors (Lipinski definition) is 5. The number of rotatable bonds is 4. The molecule has 0 saturated heterocycles. The summed E-state index contributed by atoms with van der Waals surface area (Å²) in [7, 11) is 1.57. The Labute approximate surface area is 182 Å². The summed E-state index contributed by atoms with van der Waals surface area (Å²) in [5, 5.41) is 5.94. The minimum atomic E-state index is -0.551. The van der Waals surface area contributed by atoms with Crippen LogP contribution in [0.15, 0.2) is 40.8 Å². The van der Waals surface area contributed by atoms with Crippen LogP contribution in [0.1, 0.15) is 46.1 Å². The number of methoxy groups -OCH3 is 1. The number of ether oxygens (including phenoxy) is 1. The summed E-state index contributed by atoms with van der Waals surface area (Å²) in [6.07, 6.45) is 0. The van der Waals surface area contributed by atoms with E-state index in [0.717, 1.165) is 16.7 Å². The maximum Gasteiger partial charge on any atom is 0.231 e. The average molecular weight is 426 g/mol. The molecule has 0 atom stereocenters. The van der Waals surface area contributed by atoms with Crippen LogP contribution in [0, 0.1) is 5.41 Å². The van der Waals surface area contributed by atoms with E-state index in [1.165, 1.54) is 5.56 Å². The lowest BCUT2D eigenvalue weighted by Gasteiger charge is -2.19. The molecule has 1 amide bonds. The van der Waals surface area contributed by atoms with E-state index in [9.17, 15) is 4.79 Å². The normalized spacial score (nSPS) is 11.6. The standard InChI is InChI=1S/C23H27N3O3S/c1-13(2)14-7-10-19-17(11-14)24-20(29-19)15-8-9-18(28-6)16(12-15)25-22(30)26-21(27)23(3,4)5/h7-13H,1-6H3,(H2,25,26,27,30). The Morgan fingerprint density at radius 2 is 1.90 bits per heavy atom. The molecule has 0 bridgehead atoms. The van der Waals surface area contributed by atoms with Gasteiger partial charge in [0, 0.05) is 11.0 Å². The average Bonchev–Trinajstić information content (AvgIpc) is 3.10. The molecule has 2 aromatic carbocycles. The lowest BCUT2D eigenvalue weighted by molar-refractivity contribution is -0.126. The third-order valence-corrected chi connectivity index (χ3v) is 4.89. The minimum absolute atomic E-state index is 0.171. The first kappa shape index (κ1) is 21.8. The molecule has 0 radical (unpaired) electrons. The van der Waals surface area contributed by atoms with Gasteiger partial charge in [-0.05, 0) is 54.0 Å². The number of carbonyl (C=O) groups excluding carboxylic acids is 1. The van der Waals surface area contributed by atoms with E-state index in [4.69, 9.17) is 21.4 Å². The van der Waals surface area contributed by atoms with Gasteiger partial charge >= 0.3 is 0 Å². The van der Waals surface area contributed by atoms with Gasteiger partial charge in [-0.3, -0.25) is 4.79 Å². The van der Waals surface area contributed by atoms with Crippen LogP contribution in [-0.4, -0.2) is 23.1 Å². The second kappa shape index (κ2) is 8.44. The monoisotopic (exact) mass is 425 g/mol. The number of fused-ring (bicyclic) bond motifs is 1. The fourth-order valence-electron chi connectivity index (χ4n) is 2.81. The second-order valence-corrected chi connectivity index (χ2v) is 8.88. The number of nitrogens with one attached hydrogen (secondary N) is 2. The van der Waals surface area contributed by atoms with E-state index in [-0.39, 0.29) is 11.0 Å². The van der Waals surface area contributed by atoms with Gasteiger partial charge in [0.25, 0.3) is 0 Å². The third kappa shape index (κ3) is 4.79. The molecule has 158 valence electrons. The number of anilines is 1. The van der Waals surface area contributed by atoms with Crippen molar-refractivity contribution in [2.24, 2.45) is 5.41 Å². The Kier molecular flexibility index (Phi) is 6.12. The lowest BCUT2D eigenvalue weighted by Crippen LogP contribution is -2.41. The largest absolute Gasteiger partial charge is 0.495 e. The van der Waals surface area contributed by atoms with E-state index in [2.05, 4.69) is 35.5 Å². The Morgan fingerprint density at radius 1 is 1.17 bits per heavy atom. The Morgan fingerprint density at radius 3 is 2.53 bits per heavy atom. The molecule has 6 nitrogen and oxygen atoms in total. The minimum Gasteiger partial charge on any atom is -0.495 e. The van der Waals surface area contributed by atoms with Crippen molar-refractivity contribution in [3.05, 3.63) is 42.0 Å². The molecule has 3 rings (SSSR count). The summed E-state index contributed by atoms with van der Waals surface area (Å²) in [4.78, 5) is 16.8. The highest BCUT2D eigenvalue weighted by Gasteiger charge is 2.22. The molecule has 0 aliphatic carbocycles. The van der Waals surface area contributed by atoms with Crippen LogP contribution < -0.4 is 15.4 Å². The Bertz CT molecular complexity index is 1100.